The Balaban J connectivity index is 3.20. The van der Waals surface area contributed by atoms with Gasteiger partial charge in [-0.1, -0.05) is 0 Å². The molecule has 0 atom stereocenters. The molecule has 6 heteroatoms. The van der Waals surface area contributed by atoms with E-state index in [9.17, 15) is 14.4 Å². The Kier molecular flexibility index (Phi) is 5.81. The van der Waals surface area contributed by atoms with Crippen LogP contribution in [0.1, 0.15) is 48.4 Å². The molecule has 0 heterocycles. The highest BCUT2D eigenvalue weighted by molar-refractivity contribution is 5.97. The van der Waals surface area contributed by atoms with Crippen LogP contribution in [0.2, 0.25) is 0 Å². The van der Waals surface area contributed by atoms with Gasteiger partial charge in [-0.05, 0) is 45.9 Å². The van der Waals surface area contributed by atoms with Crippen molar-refractivity contribution in [3.63, 3.8) is 0 Å². The maximum atomic E-state index is 11.9. The quantitative estimate of drug-likeness (QED) is 0.473. The number of ether oxygens (including phenoxy) is 2. The second-order valence-electron chi connectivity index (χ2n) is 4.88. The Hall–Kier alpha value is -2.46. The predicted octanol–water partition coefficient (Wildman–Crippen LogP) is 2.78. The van der Waals surface area contributed by atoms with Crippen LogP contribution in [0.15, 0.2) is 23.2 Å². The van der Waals surface area contributed by atoms with Gasteiger partial charge < -0.3 is 9.47 Å². The highest BCUT2D eigenvalue weighted by Gasteiger charge is 2.16. The van der Waals surface area contributed by atoms with Gasteiger partial charge in [-0.15, -0.1) is 0 Å². The fraction of sp³-hybridized carbons (Fsp3) is 0.400. The first-order valence-corrected chi connectivity index (χ1v) is 6.48. The van der Waals surface area contributed by atoms with Crippen molar-refractivity contribution in [1.82, 2.24) is 0 Å². The molecule has 0 saturated carbocycles. The van der Waals surface area contributed by atoms with E-state index in [4.69, 9.17) is 9.47 Å². The summed E-state index contributed by atoms with van der Waals surface area (Å²) in [6, 6.07) is 4.04. The smallest absolute Gasteiger partial charge is 0.338 e. The Morgan fingerprint density at radius 1 is 0.952 bits per heavy atom. The molecular weight excluding hydrogens is 274 g/mol. The molecule has 0 radical (unpaired) electrons. The first kappa shape index (κ1) is 16.6. The Bertz CT molecular complexity index is 545. The van der Waals surface area contributed by atoms with E-state index in [1.54, 1.807) is 27.7 Å². The van der Waals surface area contributed by atoms with E-state index in [1.165, 1.54) is 24.3 Å². The summed E-state index contributed by atoms with van der Waals surface area (Å²) in [5.74, 6) is -1.21. The van der Waals surface area contributed by atoms with E-state index in [0.29, 0.717) is 0 Å². The van der Waals surface area contributed by atoms with Crippen molar-refractivity contribution in [2.45, 2.75) is 39.9 Å². The van der Waals surface area contributed by atoms with Gasteiger partial charge >= 0.3 is 11.9 Å². The van der Waals surface area contributed by atoms with E-state index in [2.05, 4.69) is 4.99 Å². The van der Waals surface area contributed by atoms with E-state index >= 15 is 0 Å². The van der Waals surface area contributed by atoms with E-state index in [-0.39, 0.29) is 29.0 Å². The molecule has 0 bridgehead atoms. The molecule has 112 valence electrons. The number of benzene rings is 1. The number of isocyanates is 1. The summed E-state index contributed by atoms with van der Waals surface area (Å²) in [5, 5.41) is 0. The van der Waals surface area contributed by atoms with Gasteiger partial charge in [-0.3, -0.25) is 0 Å². The van der Waals surface area contributed by atoms with Crippen LogP contribution in [-0.4, -0.2) is 30.2 Å². The first-order chi connectivity index (χ1) is 9.83. The van der Waals surface area contributed by atoms with E-state index in [1.807, 2.05) is 0 Å². The first-order valence-electron chi connectivity index (χ1n) is 6.48. The minimum absolute atomic E-state index is 0.121. The van der Waals surface area contributed by atoms with Crippen molar-refractivity contribution in [1.29, 1.82) is 0 Å². The van der Waals surface area contributed by atoms with Gasteiger partial charge in [0.15, 0.2) is 0 Å². The summed E-state index contributed by atoms with van der Waals surface area (Å²) >= 11 is 0. The Morgan fingerprint density at radius 2 is 1.38 bits per heavy atom. The highest BCUT2D eigenvalue weighted by Crippen LogP contribution is 2.20. The zero-order valence-electron chi connectivity index (χ0n) is 12.4. The zero-order valence-corrected chi connectivity index (χ0v) is 12.4. The van der Waals surface area contributed by atoms with Crippen LogP contribution in [0.3, 0.4) is 0 Å². The van der Waals surface area contributed by atoms with Crippen molar-refractivity contribution in [2.24, 2.45) is 4.99 Å². The molecule has 21 heavy (non-hydrogen) atoms. The molecule has 0 N–H and O–H groups in total. The lowest BCUT2D eigenvalue weighted by atomic mass is 10.1. The second kappa shape index (κ2) is 7.36. The highest BCUT2D eigenvalue weighted by atomic mass is 16.5. The number of rotatable bonds is 5. The molecule has 1 aromatic carbocycles. The van der Waals surface area contributed by atoms with Crippen LogP contribution >= 0.6 is 0 Å². The monoisotopic (exact) mass is 291 g/mol. The summed E-state index contributed by atoms with van der Waals surface area (Å²) in [5.41, 5.74) is 0.380. The molecule has 0 aromatic heterocycles. The fourth-order valence-corrected chi connectivity index (χ4v) is 1.53. The second-order valence-corrected chi connectivity index (χ2v) is 4.88. The molecule has 1 aromatic rings. The third kappa shape index (κ3) is 5.20. The van der Waals surface area contributed by atoms with Crippen molar-refractivity contribution in [2.75, 3.05) is 0 Å². The molecule has 0 aliphatic carbocycles. The topological polar surface area (TPSA) is 82.0 Å². The molecule has 1 rings (SSSR count). The lowest BCUT2D eigenvalue weighted by Crippen LogP contribution is -2.14. The Morgan fingerprint density at radius 3 is 1.71 bits per heavy atom. The van der Waals surface area contributed by atoms with Crippen LogP contribution in [0, 0.1) is 0 Å². The maximum Gasteiger partial charge on any atom is 0.338 e. The number of nitrogens with zero attached hydrogens (tertiary/aromatic N) is 1. The number of carbonyl (C=O) groups is 2. The zero-order chi connectivity index (χ0) is 16.0. The van der Waals surface area contributed by atoms with Crippen LogP contribution in [0.4, 0.5) is 5.69 Å². The fourth-order valence-electron chi connectivity index (χ4n) is 1.53. The normalized spacial score (nSPS) is 10.2. The van der Waals surface area contributed by atoms with Gasteiger partial charge in [-0.2, -0.15) is 4.99 Å². The molecule has 0 aliphatic rings. The van der Waals surface area contributed by atoms with Crippen LogP contribution in [-0.2, 0) is 14.3 Å². The van der Waals surface area contributed by atoms with Crippen molar-refractivity contribution in [3.8, 4) is 0 Å². The average molecular weight is 291 g/mol. The summed E-state index contributed by atoms with van der Waals surface area (Å²) in [6.45, 7) is 6.83. The van der Waals surface area contributed by atoms with Crippen LogP contribution in [0.5, 0.6) is 0 Å². The van der Waals surface area contributed by atoms with Crippen molar-refractivity contribution in [3.05, 3.63) is 29.3 Å². The van der Waals surface area contributed by atoms with Crippen LogP contribution in [0.25, 0.3) is 0 Å². The third-order valence-corrected chi connectivity index (χ3v) is 2.25. The van der Waals surface area contributed by atoms with Gasteiger partial charge in [0.25, 0.3) is 0 Å². The lowest BCUT2D eigenvalue weighted by Gasteiger charge is -2.11. The van der Waals surface area contributed by atoms with Gasteiger partial charge in [0.1, 0.15) is 0 Å². The molecule has 6 nitrogen and oxygen atoms in total. The lowest BCUT2D eigenvalue weighted by molar-refractivity contribution is 0.0377. The Labute approximate surface area is 122 Å². The summed E-state index contributed by atoms with van der Waals surface area (Å²) in [4.78, 5) is 37.6. The van der Waals surface area contributed by atoms with Gasteiger partial charge in [0.2, 0.25) is 6.08 Å². The average Bonchev–Trinajstić information content (AvgIpc) is 2.37. The van der Waals surface area contributed by atoms with Gasteiger partial charge in [0.05, 0.1) is 29.0 Å². The standard InChI is InChI=1S/C15H17NO5/c1-9(2)20-14(18)11-5-12(15(19)21-10(3)4)7-13(6-11)16-8-17/h5-7,9-10H,1-4H3. The number of hydrogen-bond acceptors (Lipinski definition) is 6. The molecule has 0 amide bonds. The molecule has 0 saturated heterocycles. The van der Waals surface area contributed by atoms with Crippen LogP contribution < -0.4 is 0 Å². The maximum absolute atomic E-state index is 11.9. The van der Waals surface area contributed by atoms with Gasteiger partial charge in [0, 0.05) is 0 Å². The minimum Gasteiger partial charge on any atom is -0.459 e. The van der Waals surface area contributed by atoms with Crippen molar-refractivity contribution < 1.29 is 23.9 Å². The SMILES string of the molecule is CC(C)OC(=O)c1cc(N=C=O)cc(C(=O)OC(C)C)c1. The number of esters is 2. The molecule has 0 aliphatic heterocycles. The summed E-state index contributed by atoms with van der Waals surface area (Å²) in [7, 11) is 0. The van der Waals surface area contributed by atoms with E-state index < -0.39 is 11.9 Å². The largest absolute Gasteiger partial charge is 0.459 e. The number of hydrogen-bond donors (Lipinski definition) is 0. The predicted molar refractivity (Wildman–Crippen MR) is 75.3 cm³/mol. The minimum atomic E-state index is -0.605. The molecular formula is C15H17NO5. The number of carbonyl (C=O) groups excluding carboxylic acids is 3. The summed E-state index contributed by atoms with van der Waals surface area (Å²) in [6.07, 6.45) is 0.761. The molecule has 0 spiro atoms. The number of aliphatic imine (C=N–C) groups is 1. The van der Waals surface area contributed by atoms with Crippen molar-refractivity contribution >= 4 is 23.7 Å². The van der Waals surface area contributed by atoms with Gasteiger partial charge in [-0.25, -0.2) is 14.4 Å². The summed E-state index contributed by atoms with van der Waals surface area (Å²) < 4.78 is 10.1. The third-order valence-electron chi connectivity index (χ3n) is 2.25. The molecule has 0 unspecified atom stereocenters. The molecule has 0 fully saturated rings. The van der Waals surface area contributed by atoms with E-state index in [0.717, 1.165) is 0 Å².